The van der Waals surface area contributed by atoms with E-state index in [-0.39, 0.29) is 12.2 Å². The molecule has 1 aromatic carbocycles. The molecule has 0 fully saturated rings. The van der Waals surface area contributed by atoms with Crippen LogP contribution < -0.4 is 5.32 Å². The van der Waals surface area contributed by atoms with Gasteiger partial charge < -0.3 is 19.9 Å². The van der Waals surface area contributed by atoms with E-state index in [4.69, 9.17) is 4.74 Å². The molecule has 116 valence electrons. The van der Waals surface area contributed by atoms with E-state index in [1.807, 2.05) is 0 Å². The lowest BCUT2D eigenvalue weighted by molar-refractivity contribution is -0.143. The summed E-state index contributed by atoms with van der Waals surface area (Å²) in [7, 11) is 1.23. The monoisotopic (exact) mass is 295 g/mol. The third-order valence-corrected chi connectivity index (χ3v) is 2.59. The molecular weight excluding hydrogens is 274 g/mol. The Morgan fingerprint density at radius 2 is 1.90 bits per heavy atom. The van der Waals surface area contributed by atoms with Gasteiger partial charge in [0.05, 0.1) is 7.11 Å². The first-order valence-corrected chi connectivity index (χ1v) is 6.57. The van der Waals surface area contributed by atoms with Crippen LogP contribution in [0.1, 0.15) is 26.3 Å². The summed E-state index contributed by atoms with van der Waals surface area (Å²) in [5.41, 5.74) is -0.136. The highest BCUT2D eigenvalue weighted by Crippen LogP contribution is 2.18. The number of carbonyl (C=O) groups is 2. The summed E-state index contributed by atoms with van der Waals surface area (Å²) in [6, 6.07) is 5.65. The maximum atomic E-state index is 11.8. The third kappa shape index (κ3) is 5.72. The number of phenols is 1. The summed E-state index contributed by atoms with van der Waals surface area (Å²) < 4.78 is 9.78. The summed E-state index contributed by atoms with van der Waals surface area (Å²) in [5.74, 6) is -0.554. The van der Waals surface area contributed by atoms with Crippen LogP contribution >= 0.6 is 0 Å². The van der Waals surface area contributed by atoms with Gasteiger partial charge in [-0.1, -0.05) is 18.2 Å². The number of methoxy groups -OCH3 is 1. The number of phenolic OH excluding ortho intramolecular Hbond substituents is 1. The van der Waals surface area contributed by atoms with E-state index < -0.39 is 23.7 Å². The SMILES string of the molecule is COC(=O)[C@H](Cc1ccccc1O)NC(=O)OC(C)(C)C. The van der Waals surface area contributed by atoms with E-state index in [1.165, 1.54) is 13.2 Å². The number of hydrogen-bond acceptors (Lipinski definition) is 5. The topological polar surface area (TPSA) is 84.9 Å². The zero-order chi connectivity index (χ0) is 16.0. The first kappa shape index (κ1) is 16.8. The Morgan fingerprint density at radius 1 is 1.29 bits per heavy atom. The minimum Gasteiger partial charge on any atom is -0.508 e. The van der Waals surface area contributed by atoms with E-state index in [9.17, 15) is 14.7 Å². The van der Waals surface area contributed by atoms with Crippen molar-refractivity contribution in [1.29, 1.82) is 0 Å². The van der Waals surface area contributed by atoms with E-state index in [0.717, 1.165) is 0 Å². The van der Waals surface area contributed by atoms with Crippen molar-refractivity contribution in [1.82, 2.24) is 5.32 Å². The fraction of sp³-hybridized carbons (Fsp3) is 0.467. The lowest BCUT2D eigenvalue weighted by Gasteiger charge is -2.22. The molecule has 1 amide bonds. The standard InChI is InChI=1S/C15H21NO5/c1-15(2,3)21-14(19)16-11(13(18)20-4)9-10-7-5-6-8-12(10)17/h5-8,11,17H,9H2,1-4H3,(H,16,19)/t11-/m0/s1. The number of carbonyl (C=O) groups excluding carboxylic acids is 2. The van der Waals surface area contributed by atoms with E-state index in [2.05, 4.69) is 10.1 Å². The quantitative estimate of drug-likeness (QED) is 0.830. The van der Waals surface area contributed by atoms with Gasteiger partial charge in [-0.3, -0.25) is 0 Å². The van der Waals surface area contributed by atoms with Crippen molar-refractivity contribution >= 4 is 12.1 Å². The molecule has 0 radical (unpaired) electrons. The Hall–Kier alpha value is -2.24. The summed E-state index contributed by atoms with van der Waals surface area (Å²) in [5, 5.41) is 12.2. The molecule has 0 spiro atoms. The van der Waals surface area contributed by atoms with Gasteiger partial charge in [0.2, 0.25) is 0 Å². The second kappa shape index (κ2) is 6.97. The number of rotatable bonds is 4. The van der Waals surface area contributed by atoms with Crippen LogP contribution in [0.3, 0.4) is 0 Å². The Morgan fingerprint density at radius 3 is 2.43 bits per heavy atom. The highest BCUT2D eigenvalue weighted by Gasteiger charge is 2.25. The summed E-state index contributed by atoms with van der Waals surface area (Å²) in [6.07, 6.45) is -0.605. The lowest BCUT2D eigenvalue weighted by Crippen LogP contribution is -2.45. The zero-order valence-electron chi connectivity index (χ0n) is 12.7. The number of para-hydroxylation sites is 1. The Kier molecular flexibility index (Phi) is 5.58. The fourth-order valence-electron chi connectivity index (χ4n) is 1.69. The second-order valence-corrected chi connectivity index (χ2v) is 5.55. The van der Waals surface area contributed by atoms with E-state index in [0.29, 0.717) is 5.56 Å². The highest BCUT2D eigenvalue weighted by molar-refractivity contribution is 5.81. The Balaban J connectivity index is 2.80. The number of alkyl carbamates (subject to hydrolysis) is 1. The van der Waals surface area contributed by atoms with Crippen molar-refractivity contribution in [3.05, 3.63) is 29.8 Å². The molecule has 1 atom stereocenters. The molecule has 0 aromatic heterocycles. The van der Waals surface area contributed by atoms with Gasteiger partial charge >= 0.3 is 12.1 Å². The number of amides is 1. The van der Waals surface area contributed by atoms with Crippen LogP contribution in [-0.4, -0.2) is 35.9 Å². The molecule has 1 rings (SSSR count). The molecule has 0 saturated heterocycles. The third-order valence-electron chi connectivity index (χ3n) is 2.59. The smallest absolute Gasteiger partial charge is 0.408 e. The molecule has 0 bridgehead atoms. The predicted molar refractivity (Wildman–Crippen MR) is 77.0 cm³/mol. The number of hydrogen-bond donors (Lipinski definition) is 2. The van der Waals surface area contributed by atoms with Crippen molar-refractivity contribution in [2.45, 2.75) is 38.8 Å². The molecule has 0 saturated carbocycles. The van der Waals surface area contributed by atoms with Gasteiger partial charge in [0, 0.05) is 6.42 Å². The van der Waals surface area contributed by atoms with Gasteiger partial charge in [-0.05, 0) is 32.4 Å². The van der Waals surface area contributed by atoms with Gasteiger partial charge in [-0.15, -0.1) is 0 Å². The maximum Gasteiger partial charge on any atom is 0.408 e. The van der Waals surface area contributed by atoms with Crippen LogP contribution in [-0.2, 0) is 20.7 Å². The van der Waals surface area contributed by atoms with Gasteiger partial charge in [-0.2, -0.15) is 0 Å². The summed E-state index contributed by atoms with van der Waals surface area (Å²) >= 11 is 0. The molecule has 2 N–H and O–H groups in total. The first-order chi connectivity index (χ1) is 9.73. The van der Waals surface area contributed by atoms with Crippen molar-refractivity contribution < 1.29 is 24.2 Å². The lowest BCUT2D eigenvalue weighted by atomic mass is 10.1. The van der Waals surface area contributed by atoms with Gasteiger partial charge in [0.1, 0.15) is 17.4 Å². The number of ether oxygens (including phenoxy) is 2. The summed E-state index contributed by atoms with van der Waals surface area (Å²) in [6.45, 7) is 5.17. The van der Waals surface area contributed by atoms with Gasteiger partial charge in [0.25, 0.3) is 0 Å². The van der Waals surface area contributed by atoms with Crippen LogP contribution in [0.15, 0.2) is 24.3 Å². The molecule has 0 aliphatic rings. The molecule has 6 heteroatoms. The fourth-order valence-corrected chi connectivity index (χ4v) is 1.69. The summed E-state index contributed by atoms with van der Waals surface area (Å²) in [4.78, 5) is 23.5. The first-order valence-electron chi connectivity index (χ1n) is 6.57. The molecule has 6 nitrogen and oxygen atoms in total. The molecule has 0 aliphatic heterocycles. The minimum atomic E-state index is -0.932. The molecule has 0 aliphatic carbocycles. The molecule has 0 heterocycles. The second-order valence-electron chi connectivity index (χ2n) is 5.55. The molecular formula is C15H21NO5. The van der Waals surface area contributed by atoms with Crippen molar-refractivity contribution in [2.24, 2.45) is 0 Å². The number of aromatic hydroxyl groups is 1. The zero-order valence-corrected chi connectivity index (χ0v) is 12.7. The highest BCUT2D eigenvalue weighted by atomic mass is 16.6. The predicted octanol–water partition coefficient (Wildman–Crippen LogP) is 2.00. The van der Waals surface area contributed by atoms with E-state index >= 15 is 0 Å². The van der Waals surface area contributed by atoms with Crippen LogP contribution in [0.25, 0.3) is 0 Å². The maximum absolute atomic E-state index is 11.8. The van der Waals surface area contributed by atoms with Crippen molar-refractivity contribution in [3.8, 4) is 5.75 Å². The van der Waals surface area contributed by atoms with Crippen LogP contribution in [0.4, 0.5) is 4.79 Å². The molecule has 21 heavy (non-hydrogen) atoms. The van der Waals surface area contributed by atoms with Crippen molar-refractivity contribution in [3.63, 3.8) is 0 Å². The average molecular weight is 295 g/mol. The molecule has 1 aromatic rings. The van der Waals surface area contributed by atoms with Crippen molar-refractivity contribution in [2.75, 3.05) is 7.11 Å². The van der Waals surface area contributed by atoms with Gasteiger partial charge in [-0.25, -0.2) is 9.59 Å². The normalized spacial score (nSPS) is 12.4. The number of esters is 1. The van der Waals surface area contributed by atoms with Crippen LogP contribution in [0.2, 0.25) is 0 Å². The minimum absolute atomic E-state index is 0.0531. The van der Waals surface area contributed by atoms with Crippen LogP contribution in [0, 0.1) is 0 Å². The van der Waals surface area contributed by atoms with Crippen LogP contribution in [0.5, 0.6) is 5.75 Å². The average Bonchev–Trinajstić information content (AvgIpc) is 2.37. The largest absolute Gasteiger partial charge is 0.508 e. The Labute approximate surface area is 124 Å². The molecule has 0 unspecified atom stereocenters. The number of nitrogens with one attached hydrogen (secondary N) is 1. The van der Waals surface area contributed by atoms with Gasteiger partial charge in [0.15, 0.2) is 0 Å². The number of benzene rings is 1. The van der Waals surface area contributed by atoms with E-state index in [1.54, 1.807) is 39.0 Å². The Bertz CT molecular complexity index is 507.